The fourth-order valence-electron chi connectivity index (χ4n) is 1.65. The molecule has 0 N–H and O–H groups in total. The zero-order chi connectivity index (χ0) is 11.5. The van der Waals surface area contributed by atoms with Crippen LogP contribution in [0, 0.1) is 0 Å². The van der Waals surface area contributed by atoms with Gasteiger partial charge in [0.25, 0.3) is 0 Å². The second kappa shape index (κ2) is 4.30. The maximum absolute atomic E-state index is 11.7. The average Bonchev–Trinajstić information content (AvgIpc) is 2.76. The molecule has 0 aliphatic heterocycles. The smallest absolute Gasteiger partial charge is 0.243 e. The van der Waals surface area contributed by atoms with Crippen LogP contribution < -0.4 is 9.13 Å². The highest BCUT2D eigenvalue weighted by molar-refractivity contribution is 5.77. The number of aryl methyl sites for hydroxylation is 2. The van der Waals surface area contributed by atoms with Crippen LogP contribution in [0.4, 0.5) is 0 Å². The van der Waals surface area contributed by atoms with Crippen molar-refractivity contribution >= 4 is 5.78 Å². The van der Waals surface area contributed by atoms with E-state index in [0.29, 0.717) is 13.1 Å². The molecule has 0 unspecified atom stereocenters. The highest BCUT2D eigenvalue weighted by Gasteiger charge is 2.11. The van der Waals surface area contributed by atoms with Crippen LogP contribution in [0.3, 0.4) is 0 Å². The minimum atomic E-state index is 0.187. The molecule has 2 rings (SSSR count). The third kappa shape index (κ3) is 2.56. The van der Waals surface area contributed by atoms with E-state index in [4.69, 9.17) is 0 Å². The van der Waals surface area contributed by atoms with Gasteiger partial charge < -0.3 is 0 Å². The number of nitrogens with zero attached hydrogens (tertiary/aromatic N) is 4. The maximum Gasteiger partial charge on any atom is 0.243 e. The summed E-state index contributed by atoms with van der Waals surface area (Å²) in [5.74, 6) is 0.187. The number of imidazole rings is 2. The zero-order valence-electron chi connectivity index (χ0n) is 9.58. The molecule has 2 heterocycles. The van der Waals surface area contributed by atoms with Gasteiger partial charge in [-0.05, 0) is 0 Å². The molecule has 5 nitrogen and oxygen atoms in total. The topological polar surface area (TPSA) is 34.7 Å². The van der Waals surface area contributed by atoms with Crippen molar-refractivity contribution in [3.8, 4) is 0 Å². The van der Waals surface area contributed by atoms with Crippen molar-refractivity contribution in [1.29, 1.82) is 0 Å². The van der Waals surface area contributed by atoms with E-state index in [1.165, 1.54) is 0 Å². The van der Waals surface area contributed by atoms with E-state index in [9.17, 15) is 4.79 Å². The van der Waals surface area contributed by atoms with E-state index in [0.717, 1.165) is 0 Å². The Hall–Kier alpha value is -1.91. The molecular weight excluding hydrogens is 204 g/mol. The molecule has 2 aromatic heterocycles. The van der Waals surface area contributed by atoms with E-state index < -0.39 is 0 Å². The standard InChI is InChI=1S/C11H16N4O/c1-12-3-5-14(9-12)7-11(16)8-15-6-4-13(2)10-15/h3-6,9-10H,7-8H2,1-2H3/q+2. The Morgan fingerprint density at radius 2 is 1.44 bits per heavy atom. The molecule has 0 fully saturated rings. The van der Waals surface area contributed by atoms with Crippen LogP contribution in [-0.2, 0) is 32.0 Å². The molecule has 0 aliphatic rings. The minimum Gasteiger partial charge on any atom is -0.291 e. The van der Waals surface area contributed by atoms with E-state index in [1.807, 2.05) is 69.8 Å². The highest BCUT2D eigenvalue weighted by Crippen LogP contribution is 1.90. The summed E-state index contributed by atoms with van der Waals surface area (Å²) in [5, 5.41) is 0. The van der Waals surface area contributed by atoms with Crippen molar-refractivity contribution < 1.29 is 13.9 Å². The Bertz CT molecular complexity index is 453. The number of rotatable bonds is 4. The lowest BCUT2D eigenvalue weighted by atomic mass is 10.4. The van der Waals surface area contributed by atoms with E-state index in [2.05, 4.69) is 0 Å². The molecule has 0 aromatic carbocycles. The van der Waals surface area contributed by atoms with Gasteiger partial charge in [0.1, 0.15) is 24.8 Å². The average molecular weight is 220 g/mol. The summed E-state index contributed by atoms with van der Waals surface area (Å²) in [4.78, 5) is 11.7. The predicted octanol–water partition coefficient (Wildman–Crippen LogP) is -0.792. The Morgan fingerprint density at radius 3 is 1.75 bits per heavy atom. The quantitative estimate of drug-likeness (QED) is 0.622. The third-order valence-corrected chi connectivity index (χ3v) is 2.37. The van der Waals surface area contributed by atoms with Crippen LogP contribution in [0.1, 0.15) is 0 Å². The molecule has 0 saturated heterocycles. The molecule has 2 aromatic rings. The summed E-state index contributed by atoms with van der Waals surface area (Å²) in [6.45, 7) is 0.839. The fraction of sp³-hybridized carbons (Fsp3) is 0.364. The van der Waals surface area contributed by atoms with Crippen LogP contribution in [0.25, 0.3) is 0 Å². The predicted molar refractivity (Wildman–Crippen MR) is 56.2 cm³/mol. The van der Waals surface area contributed by atoms with Crippen molar-refractivity contribution in [2.75, 3.05) is 0 Å². The Balaban J connectivity index is 1.94. The molecule has 0 aliphatic carbocycles. The normalized spacial score (nSPS) is 10.6. The minimum absolute atomic E-state index is 0.187. The van der Waals surface area contributed by atoms with Gasteiger partial charge in [-0.1, -0.05) is 0 Å². The fourth-order valence-corrected chi connectivity index (χ4v) is 1.65. The van der Waals surface area contributed by atoms with E-state index in [1.54, 1.807) is 0 Å². The van der Waals surface area contributed by atoms with Crippen LogP contribution in [-0.4, -0.2) is 14.9 Å². The van der Waals surface area contributed by atoms with Crippen molar-refractivity contribution in [2.45, 2.75) is 13.1 Å². The number of ketones is 1. The molecule has 0 spiro atoms. The van der Waals surface area contributed by atoms with Gasteiger partial charge in [-0.25, -0.2) is 18.3 Å². The van der Waals surface area contributed by atoms with Gasteiger partial charge in [-0.2, -0.15) is 0 Å². The summed E-state index contributed by atoms with van der Waals surface area (Å²) in [5.41, 5.74) is 0. The second-order valence-corrected chi connectivity index (χ2v) is 4.04. The number of Topliss-reactive ketones (excluding diaryl/α,β-unsaturated/α-hetero) is 1. The molecule has 0 saturated carbocycles. The largest absolute Gasteiger partial charge is 0.291 e. The molecule has 5 heteroatoms. The lowest BCUT2D eigenvalue weighted by Crippen LogP contribution is -2.25. The van der Waals surface area contributed by atoms with Crippen LogP contribution in [0.5, 0.6) is 0 Å². The SMILES string of the molecule is C[n+]1ccn(CC(=O)Cn2cc[n+](C)c2)c1. The third-order valence-electron chi connectivity index (χ3n) is 2.37. The number of carbonyl (C=O) groups excluding carboxylic acids is 1. The molecule has 84 valence electrons. The monoisotopic (exact) mass is 220 g/mol. The Morgan fingerprint density at radius 1 is 1.00 bits per heavy atom. The molecule has 0 bridgehead atoms. The summed E-state index contributed by atoms with van der Waals surface area (Å²) < 4.78 is 7.60. The van der Waals surface area contributed by atoms with Crippen molar-refractivity contribution in [1.82, 2.24) is 9.13 Å². The second-order valence-electron chi connectivity index (χ2n) is 4.04. The first kappa shape index (κ1) is 10.6. The first-order valence-electron chi connectivity index (χ1n) is 5.17. The van der Waals surface area contributed by atoms with Gasteiger partial charge in [0.15, 0.2) is 13.1 Å². The van der Waals surface area contributed by atoms with Crippen LogP contribution >= 0.6 is 0 Å². The summed E-state index contributed by atoms with van der Waals surface area (Å²) in [6.07, 6.45) is 11.4. The first-order valence-corrected chi connectivity index (χ1v) is 5.17. The van der Waals surface area contributed by atoms with Crippen molar-refractivity contribution in [3.63, 3.8) is 0 Å². The highest BCUT2D eigenvalue weighted by atomic mass is 16.1. The Labute approximate surface area is 94.2 Å². The molecule has 0 atom stereocenters. The van der Waals surface area contributed by atoms with Crippen LogP contribution in [0.15, 0.2) is 37.4 Å². The van der Waals surface area contributed by atoms with Crippen molar-refractivity contribution in [3.05, 3.63) is 37.4 Å². The summed E-state index contributed by atoms with van der Waals surface area (Å²) in [7, 11) is 3.87. The number of aromatic nitrogens is 4. The van der Waals surface area contributed by atoms with Gasteiger partial charge in [-0.3, -0.25) is 4.79 Å². The molecule has 0 radical (unpaired) electrons. The number of hydrogen-bond donors (Lipinski definition) is 0. The van der Waals surface area contributed by atoms with E-state index in [-0.39, 0.29) is 5.78 Å². The van der Waals surface area contributed by atoms with Gasteiger partial charge in [0.2, 0.25) is 18.4 Å². The van der Waals surface area contributed by atoms with Gasteiger partial charge in [0.05, 0.1) is 14.1 Å². The number of carbonyl (C=O) groups is 1. The van der Waals surface area contributed by atoms with Crippen LogP contribution in [0.2, 0.25) is 0 Å². The lowest BCUT2D eigenvalue weighted by Gasteiger charge is -1.94. The Kier molecular flexibility index (Phi) is 2.85. The van der Waals surface area contributed by atoms with E-state index >= 15 is 0 Å². The van der Waals surface area contributed by atoms with Gasteiger partial charge in [0, 0.05) is 0 Å². The maximum atomic E-state index is 11.7. The zero-order valence-corrected chi connectivity index (χ0v) is 9.58. The summed E-state index contributed by atoms with van der Waals surface area (Å²) in [6, 6.07) is 0. The molecular formula is C11H16N4O+2. The van der Waals surface area contributed by atoms with Crippen molar-refractivity contribution in [2.24, 2.45) is 14.1 Å². The molecule has 0 amide bonds. The van der Waals surface area contributed by atoms with Gasteiger partial charge in [-0.15, -0.1) is 0 Å². The summed E-state index contributed by atoms with van der Waals surface area (Å²) >= 11 is 0. The van der Waals surface area contributed by atoms with Gasteiger partial charge >= 0.3 is 0 Å². The first-order chi connectivity index (χ1) is 7.63. The molecule has 16 heavy (non-hydrogen) atoms. The lowest BCUT2D eigenvalue weighted by molar-refractivity contribution is -0.671. The number of hydrogen-bond acceptors (Lipinski definition) is 1.